The van der Waals surface area contributed by atoms with E-state index in [4.69, 9.17) is 16.7 Å². The minimum atomic E-state index is -4.02. The highest BCUT2D eigenvalue weighted by atomic mass is 35.5. The first-order valence-corrected chi connectivity index (χ1v) is 8.84. The van der Waals surface area contributed by atoms with Crippen LogP contribution in [0.25, 0.3) is 0 Å². The van der Waals surface area contributed by atoms with Crippen LogP contribution in [0.15, 0.2) is 33.9 Å². The first-order chi connectivity index (χ1) is 9.94. The van der Waals surface area contributed by atoms with E-state index in [1.54, 1.807) is 0 Å². The number of hydrogen-bond donors (Lipinski definition) is 2. The largest absolute Gasteiger partial charge is 0.392 e. The highest BCUT2D eigenvalue weighted by Crippen LogP contribution is 2.23. The van der Waals surface area contributed by atoms with Crippen molar-refractivity contribution in [2.75, 3.05) is 6.54 Å². The van der Waals surface area contributed by atoms with E-state index in [0.29, 0.717) is 6.42 Å². The Labute approximate surface area is 131 Å². The number of aliphatic hydroxyl groups excluding tert-OH is 1. The van der Waals surface area contributed by atoms with Crippen LogP contribution in [-0.2, 0) is 23.1 Å². The Kier molecular flexibility index (Phi) is 5.34. The lowest BCUT2D eigenvalue weighted by Crippen LogP contribution is -2.27. The fourth-order valence-electron chi connectivity index (χ4n) is 1.77. The van der Waals surface area contributed by atoms with Crippen LogP contribution < -0.4 is 4.72 Å². The molecule has 1 aromatic carbocycles. The summed E-state index contributed by atoms with van der Waals surface area (Å²) in [5.41, 5.74) is 0.853. The number of halogens is 2. The molecule has 0 saturated carbocycles. The van der Waals surface area contributed by atoms with Crippen LogP contribution in [0.4, 0.5) is 4.39 Å². The third kappa shape index (κ3) is 4.02. The highest BCUT2D eigenvalue weighted by molar-refractivity contribution is 7.89. The smallest absolute Gasteiger partial charge is 0.243 e. The molecule has 0 aliphatic rings. The summed E-state index contributed by atoms with van der Waals surface area (Å²) in [6.45, 7) is -0.469. The van der Waals surface area contributed by atoms with Crippen molar-refractivity contribution in [3.05, 3.63) is 50.9 Å². The maximum absolute atomic E-state index is 14.0. The molecule has 2 N–H and O–H groups in total. The van der Waals surface area contributed by atoms with Gasteiger partial charge in [0.2, 0.25) is 10.0 Å². The summed E-state index contributed by atoms with van der Waals surface area (Å²) in [7, 11) is -4.02. The van der Waals surface area contributed by atoms with Crippen LogP contribution in [0.2, 0.25) is 5.02 Å². The molecule has 0 unspecified atom stereocenters. The van der Waals surface area contributed by atoms with Gasteiger partial charge >= 0.3 is 0 Å². The lowest BCUT2D eigenvalue weighted by atomic mass is 10.2. The van der Waals surface area contributed by atoms with Gasteiger partial charge in [-0.25, -0.2) is 17.5 Å². The van der Waals surface area contributed by atoms with Crippen molar-refractivity contribution < 1.29 is 17.9 Å². The second kappa shape index (κ2) is 6.85. The Morgan fingerprint density at radius 2 is 2.14 bits per heavy atom. The van der Waals surface area contributed by atoms with Crippen molar-refractivity contribution in [3.63, 3.8) is 0 Å². The molecule has 0 radical (unpaired) electrons. The van der Waals surface area contributed by atoms with Crippen LogP contribution >= 0.6 is 22.9 Å². The van der Waals surface area contributed by atoms with Gasteiger partial charge < -0.3 is 5.11 Å². The fourth-order valence-corrected chi connectivity index (χ4v) is 3.96. The Morgan fingerprint density at radius 3 is 2.76 bits per heavy atom. The maximum atomic E-state index is 14.0. The van der Waals surface area contributed by atoms with Crippen LogP contribution in [0.3, 0.4) is 0 Å². The van der Waals surface area contributed by atoms with Gasteiger partial charge in [-0.2, -0.15) is 11.3 Å². The average Bonchev–Trinajstić information content (AvgIpc) is 2.93. The number of nitrogens with one attached hydrogen (secondary N) is 1. The van der Waals surface area contributed by atoms with E-state index in [1.807, 2.05) is 16.8 Å². The standard InChI is InChI=1S/C13H13ClFNO3S2/c14-11-5-10(7-17)13(15)12(6-11)21(18,19)16-3-1-9-2-4-20-8-9/h2,4-6,8,16-17H,1,3,7H2. The van der Waals surface area contributed by atoms with Crippen molar-refractivity contribution >= 4 is 33.0 Å². The quantitative estimate of drug-likeness (QED) is 0.842. The molecule has 8 heteroatoms. The normalized spacial score (nSPS) is 11.8. The van der Waals surface area contributed by atoms with Gasteiger partial charge in [0.15, 0.2) is 0 Å². The molecular weight excluding hydrogens is 337 g/mol. The van der Waals surface area contributed by atoms with Gasteiger partial charge in [0.1, 0.15) is 10.7 Å². The third-order valence-electron chi connectivity index (χ3n) is 2.83. The highest BCUT2D eigenvalue weighted by Gasteiger charge is 2.22. The molecule has 0 spiro atoms. The molecule has 21 heavy (non-hydrogen) atoms. The van der Waals surface area contributed by atoms with E-state index < -0.39 is 27.3 Å². The minimum Gasteiger partial charge on any atom is -0.392 e. The number of benzene rings is 1. The number of rotatable bonds is 6. The molecule has 2 aromatic rings. The molecule has 0 aliphatic heterocycles. The van der Waals surface area contributed by atoms with Gasteiger partial charge in [0.25, 0.3) is 0 Å². The van der Waals surface area contributed by atoms with Crippen molar-refractivity contribution in [1.82, 2.24) is 4.72 Å². The predicted molar refractivity (Wildman–Crippen MR) is 80.5 cm³/mol. The van der Waals surface area contributed by atoms with Gasteiger partial charge in [-0.05, 0) is 40.9 Å². The molecule has 4 nitrogen and oxygen atoms in total. The first kappa shape index (κ1) is 16.4. The van der Waals surface area contributed by atoms with Crippen LogP contribution in [0, 0.1) is 5.82 Å². The fraction of sp³-hybridized carbons (Fsp3) is 0.231. The van der Waals surface area contributed by atoms with Gasteiger partial charge in [0.05, 0.1) is 6.61 Å². The average molecular weight is 350 g/mol. The van der Waals surface area contributed by atoms with Gasteiger partial charge in [-0.3, -0.25) is 0 Å². The Hall–Kier alpha value is -0.990. The van der Waals surface area contributed by atoms with Crippen LogP contribution in [0.5, 0.6) is 0 Å². The molecule has 0 fully saturated rings. The zero-order chi connectivity index (χ0) is 15.5. The van der Waals surface area contributed by atoms with Crippen molar-refractivity contribution in [2.45, 2.75) is 17.9 Å². The number of thiophene rings is 1. The molecule has 2 rings (SSSR count). The summed E-state index contributed by atoms with van der Waals surface area (Å²) in [4.78, 5) is -0.552. The Bertz CT molecular complexity index is 717. The lowest BCUT2D eigenvalue weighted by molar-refractivity contribution is 0.274. The molecule has 1 heterocycles. The minimum absolute atomic E-state index is 0.0543. The number of aliphatic hydroxyl groups is 1. The van der Waals surface area contributed by atoms with E-state index >= 15 is 0 Å². The number of hydrogen-bond acceptors (Lipinski definition) is 4. The SMILES string of the molecule is O=S(=O)(NCCc1ccsc1)c1cc(Cl)cc(CO)c1F. The summed E-state index contributed by atoms with van der Waals surface area (Å²) >= 11 is 7.27. The molecule has 114 valence electrons. The van der Waals surface area contributed by atoms with Gasteiger partial charge in [0, 0.05) is 17.1 Å². The molecule has 0 aliphatic carbocycles. The molecule has 0 atom stereocenters. The number of sulfonamides is 1. The van der Waals surface area contributed by atoms with E-state index in [1.165, 1.54) is 17.4 Å². The van der Waals surface area contributed by atoms with E-state index in [2.05, 4.69) is 4.72 Å². The Balaban J connectivity index is 2.17. The maximum Gasteiger partial charge on any atom is 0.243 e. The van der Waals surface area contributed by atoms with Gasteiger partial charge in [-0.15, -0.1) is 0 Å². The monoisotopic (exact) mass is 349 g/mol. The molecule has 0 bridgehead atoms. The summed E-state index contributed by atoms with van der Waals surface area (Å²) < 4.78 is 40.6. The summed E-state index contributed by atoms with van der Waals surface area (Å²) in [6.07, 6.45) is 0.512. The zero-order valence-corrected chi connectivity index (χ0v) is 13.2. The predicted octanol–water partition coefficient (Wildman–Crippen LogP) is 2.55. The Morgan fingerprint density at radius 1 is 1.38 bits per heavy atom. The van der Waals surface area contributed by atoms with Crippen molar-refractivity contribution in [2.24, 2.45) is 0 Å². The molecule has 1 aromatic heterocycles. The van der Waals surface area contributed by atoms with E-state index in [9.17, 15) is 12.8 Å². The van der Waals surface area contributed by atoms with E-state index in [-0.39, 0.29) is 17.1 Å². The first-order valence-electron chi connectivity index (χ1n) is 6.03. The van der Waals surface area contributed by atoms with Crippen LogP contribution in [-0.4, -0.2) is 20.1 Å². The molecule has 0 amide bonds. The van der Waals surface area contributed by atoms with E-state index in [0.717, 1.165) is 11.6 Å². The second-order valence-electron chi connectivity index (χ2n) is 4.31. The summed E-state index contributed by atoms with van der Waals surface area (Å²) in [5.74, 6) is -0.982. The van der Waals surface area contributed by atoms with Crippen molar-refractivity contribution in [3.8, 4) is 0 Å². The van der Waals surface area contributed by atoms with Crippen molar-refractivity contribution in [1.29, 1.82) is 0 Å². The molecular formula is C13H13ClFNO3S2. The molecule has 0 saturated heterocycles. The summed E-state index contributed by atoms with van der Waals surface area (Å²) in [5, 5.41) is 12.9. The second-order valence-corrected chi connectivity index (χ2v) is 7.27. The summed E-state index contributed by atoms with van der Waals surface area (Å²) in [6, 6.07) is 4.12. The topological polar surface area (TPSA) is 66.4 Å². The lowest BCUT2D eigenvalue weighted by Gasteiger charge is -2.10. The third-order valence-corrected chi connectivity index (χ3v) is 5.24. The van der Waals surface area contributed by atoms with Crippen LogP contribution in [0.1, 0.15) is 11.1 Å². The zero-order valence-electron chi connectivity index (χ0n) is 10.8. The van der Waals surface area contributed by atoms with Gasteiger partial charge in [-0.1, -0.05) is 11.6 Å².